The standard InChI is InChI=1S/C26H39NO8/c1-9-16(6)25(30)32-17(7)18(8)33-26(31)20(27)12-19-10-11-21(34-23(28)14(2)3)22(13-19)35-24(29)15(4)5/h10-11,13-18,20H,9,12,27H2,1-8H3/t16?,17-,18-,20-/m0/s1. The van der Waals surface area contributed by atoms with Crippen LogP contribution in [-0.4, -0.2) is 42.1 Å². The zero-order chi connectivity index (χ0) is 26.9. The second kappa shape index (κ2) is 13.8. The zero-order valence-electron chi connectivity index (χ0n) is 22.0. The van der Waals surface area contributed by atoms with Gasteiger partial charge in [0.15, 0.2) is 11.5 Å². The summed E-state index contributed by atoms with van der Waals surface area (Å²) < 4.78 is 21.5. The van der Waals surface area contributed by atoms with Crippen molar-refractivity contribution in [3.8, 4) is 11.5 Å². The number of rotatable bonds is 12. The Bertz CT molecular complexity index is 895. The molecule has 35 heavy (non-hydrogen) atoms. The second-order valence-electron chi connectivity index (χ2n) is 9.34. The third-order valence-corrected chi connectivity index (χ3v) is 5.41. The van der Waals surface area contributed by atoms with Crippen LogP contribution >= 0.6 is 0 Å². The molecule has 0 aliphatic heterocycles. The van der Waals surface area contributed by atoms with E-state index in [4.69, 9.17) is 24.7 Å². The molecule has 1 unspecified atom stereocenters. The monoisotopic (exact) mass is 493 g/mol. The van der Waals surface area contributed by atoms with Crippen LogP contribution in [0.3, 0.4) is 0 Å². The summed E-state index contributed by atoms with van der Waals surface area (Å²) in [6.07, 6.45) is -0.599. The van der Waals surface area contributed by atoms with Crippen LogP contribution in [0.4, 0.5) is 0 Å². The molecule has 0 spiro atoms. The second-order valence-corrected chi connectivity index (χ2v) is 9.34. The van der Waals surface area contributed by atoms with E-state index >= 15 is 0 Å². The van der Waals surface area contributed by atoms with Gasteiger partial charge in [0.05, 0.1) is 17.8 Å². The van der Waals surface area contributed by atoms with Crippen LogP contribution in [0.15, 0.2) is 18.2 Å². The Morgan fingerprint density at radius 2 is 1.23 bits per heavy atom. The molecular weight excluding hydrogens is 454 g/mol. The van der Waals surface area contributed by atoms with Gasteiger partial charge in [0.1, 0.15) is 18.2 Å². The first-order valence-corrected chi connectivity index (χ1v) is 12.0. The molecule has 0 amide bonds. The summed E-state index contributed by atoms with van der Waals surface area (Å²) in [6, 6.07) is 3.61. The van der Waals surface area contributed by atoms with E-state index in [1.807, 2.05) is 6.92 Å². The summed E-state index contributed by atoms with van der Waals surface area (Å²) in [4.78, 5) is 48.7. The predicted octanol–water partition coefficient (Wildman–Crippen LogP) is 3.59. The SMILES string of the molecule is CCC(C)C(=O)O[C@@H](C)[C@H](C)OC(=O)[C@@H](N)Cc1ccc(OC(=O)C(C)C)c(OC(=O)C(C)C)c1. The lowest BCUT2D eigenvalue weighted by Gasteiger charge is -2.23. The van der Waals surface area contributed by atoms with Gasteiger partial charge in [-0.3, -0.25) is 19.2 Å². The number of nitrogens with two attached hydrogens (primary N) is 1. The summed E-state index contributed by atoms with van der Waals surface area (Å²) in [6.45, 7) is 13.7. The normalized spacial score (nSPS) is 14.6. The predicted molar refractivity (Wildman–Crippen MR) is 130 cm³/mol. The van der Waals surface area contributed by atoms with E-state index in [2.05, 4.69) is 0 Å². The van der Waals surface area contributed by atoms with Gasteiger partial charge in [-0.05, 0) is 44.4 Å². The maximum absolute atomic E-state index is 12.5. The molecule has 0 fully saturated rings. The third-order valence-electron chi connectivity index (χ3n) is 5.41. The lowest BCUT2D eigenvalue weighted by Crippen LogP contribution is -2.40. The first-order valence-electron chi connectivity index (χ1n) is 12.0. The van der Waals surface area contributed by atoms with Crippen LogP contribution in [0.1, 0.15) is 67.4 Å². The average molecular weight is 494 g/mol. The van der Waals surface area contributed by atoms with Gasteiger partial charge in [-0.15, -0.1) is 0 Å². The molecule has 0 bridgehead atoms. The Balaban J connectivity index is 2.91. The van der Waals surface area contributed by atoms with Crippen LogP contribution in [0.25, 0.3) is 0 Å². The Labute approximate surface area is 207 Å². The van der Waals surface area contributed by atoms with Gasteiger partial charge < -0.3 is 24.7 Å². The summed E-state index contributed by atoms with van der Waals surface area (Å²) >= 11 is 0. The molecule has 0 aromatic heterocycles. The number of esters is 4. The lowest BCUT2D eigenvalue weighted by molar-refractivity contribution is -0.168. The van der Waals surface area contributed by atoms with Gasteiger partial charge in [0, 0.05) is 0 Å². The van der Waals surface area contributed by atoms with Gasteiger partial charge >= 0.3 is 23.9 Å². The number of hydrogen-bond acceptors (Lipinski definition) is 9. The van der Waals surface area contributed by atoms with E-state index in [-0.39, 0.29) is 35.7 Å². The van der Waals surface area contributed by atoms with Gasteiger partial charge in [-0.25, -0.2) is 0 Å². The topological polar surface area (TPSA) is 131 Å². The number of hydrogen-bond donors (Lipinski definition) is 1. The van der Waals surface area contributed by atoms with Crippen molar-refractivity contribution in [2.75, 3.05) is 0 Å². The van der Waals surface area contributed by atoms with Crippen molar-refractivity contribution >= 4 is 23.9 Å². The zero-order valence-corrected chi connectivity index (χ0v) is 22.0. The van der Waals surface area contributed by atoms with Crippen molar-refractivity contribution in [3.05, 3.63) is 23.8 Å². The van der Waals surface area contributed by atoms with Crippen molar-refractivity contribution in [1.82, 2.24) is 0 Å². The molecule has 0 aliphatic rings. The highest BCUT2D eigenvalue weighted by molar-refractivity contribution is 5.78. The molecule has 1 aromatic rings. The van der Waals surface area contributed by atoms with Crippen molar-refractivity contribution in [1.29, 1.82) is 0 Å². The minimum atomic E-state index is -1.02. The highest BCUT2D eigenvalue weighted by atomic mass is 16.6. The van der Waals surface area contributed by atoms with Gasteiger partial charge in [-0.2, -0.15) is 0 Å². The summed E-state index contributed by atoms with van der Waals surface area (Å²) in [5.41, 5.74) is 6.63. The van der Waals surface area contributed by atoms with Crippen molar-refractivity contribution in [3.63, 3.8) is 0 Å². The molecular formula is C26H39NO8. The maximum Gasteiger partial charge on any atom is 0.323 e. The Morgan fingerprint density at radius 3 is 1.71 bits per heavy atom. The molecule has 0 heterocycles. The Hall–Kier alpha value is -2.94. The first kappa shape index (κ1) is 30.1. The first-order chi connectivity index (χ1) is 16.3. The Kier molecular flexibility index (Phi) is 11.9. The van der Waals surface area contributed by atoms with Crippen molar-refractivity contribution in [2.45, 2.75) is 86.5 Å². The molecule has 0 aliphatic carbocycles. The number of ether oxygens (including phenoxy) is 4. The number of carbonyl (C=O) groups is 4. The fraction of sp³-hybridized carbons (Fsp3) is 0.615. The van der Waals surface area contributed by atoms with Crippen LogP contribution in [0.2, 0.25) is 0 Å². The quantitative estimate of drug-likeness (QED) is 0.343. The minimum absolute atomic E-state index is 0.0645. The highest BCUT2D eigenvalue weighted by Gasteiger charge is 2.26. The molecule has 0 saturated heterocycles. The lowest BCUT2D eigenvalue weighted by atomic mass is 10.1. The van der Waals surface area contributed by atoms with E-state index in [0.29, 0.717) is 12.0 Å². The summed E-state index contributed by atoms with van der Waals surface area (Å²) in [5.74, 6) is -2.85. The fourth-order valence-corrected chi connectivity index (χ4v) is 2.56. The highest BCUT2D eigenvalue weighted by Crippen LogP contribution is 2.30. The molecule has 196 valence electrons. The minimum Gasteiger partial charge on any atom is -0.459 e. The van der Waals surface area contributed by atoms with Crippen molar-refractivity contribution in [2.24, 2.45) is 23.5 Å². The molecule has 9 heteroatoms. The van der Waals surface area contributed by atoms with Gasteiger partial charge in [0.2, 0.25) is 0 Å². The molecule has 4 atom stereocenters. The van der Waals surface area contributed by atoms with Crippen molar-refractivity contribution < 1.29 is 38.1 Å². The summed E-state index contributed by atoms with van der Waals surface area (Å²) in [7, 11) is 0. The molecule has 9 nitrogen and oxygen atoms in total. The van der Waals surface area contributed by atoms with E-state index in [9.17, 15) is 19.2 Å². The van der Waals surface area contributed by atoms with Crippen LogP contribution in [-0.2, 0) is 35.1 Å². The maximum atomic E-state index is 12.5. The fourth-order valence-electron chi connectivity index (χ4n) is 2.56. The number of carbonyl (C=O) groups excluding carboxylic acids is 4. The van der Waals surface area contributed by atoms with Gasteiger partial charge in [-0.1, -0.05) is 47.6 Å². The van der Waals surface area contributed by atoms with Crippen LogP contribution in [0.5, 0.6) is 11.5 Å². The van der Waals surface area contributed by atoms with E-state index in [1.54, 1.807) is 54.5 Å². The van der Waals surface area contributed by atoms with Gasteiger partial charge in [0.25, 0.3) is 0 Å². The molecule has 0 radical (unpaired) electrons. The van der Waals surface area contributed by atoms with E-state index < -0.39 is 42.1 Å². The molecule has 1 aromatic carbocycles. The third kappa shape index (κ3) is 9.68. The largest absolute Gasteiger partial charge is 0.459 e. The summed E-state index contributed by atoms with van der Waals surface area (Å²) in [5, 5.41) is 0. The number of benzene rings is 1. The van der Waals surface area contributed by atoms with E-state index in [0.717, 1.165) is 0 Å². The smallest absolute Gasteiger partial charge is 0.323 e. The molecule has 1 rings (SSSR count). The molecule has 2 N–H and O–H groups in total. The Morgan fingerprint density at radius 1 is 0.743 bits per heavy atom. The van der Waals surface area contributed by atoms with Crippen LogP contribution in [0, 0.1) is 17.8 Å². The van der Waals surface area contributed by atoms with E-state index in [1.165, 1.54) is 12.1 Å². The van der Waals surface area contributed by atoms with Crippen LogP contribution < -0.4 is 15.2 Å². The average Bonchev–Trinajstić information content (AvgIpc) is 2.79. The molecule has 0 saturated carbocycles.